The minimum absolute atomic E-state index is 0.116. The summed E-state index contributed by atoms with van der Waals surface area (Å²) in [6.07, 6.45) is 1.69. The molecule has 0 saturated heterocycles. The quantitative estimate of drug-likeness (QED) is 0.794. The summed E-state index contributed by atoms with van der Waals surface area (Å²) in [5.41, 5.74) is 0.988. The van der Waals surface area contributed by atoms with Gasteiger partial charge in [0.05, 0.1) is 21.3 Å². The molecule has 20 heavy (non-hydrogen) atoms. The van der Waals surface area contributed by atoms with Crippen LogP contribution in [-0.2, 0) is 11.2 Å². The molecular weight excluding hydrogens is 260 g/mol. The van der Waals surface area contributed by atoms with Gasteiger partial charge in [0, 0.05) is 6.42 Å². The van der Waals surface area contributed by atoms with E-state index in [0.717, 1.165) is 18.4 Å². The summed E-state index contributed by atoms with van der Waals surface area (Å²) in [5.74, 6) is 1.18. The lowest BCUT2D eigenvalue weighted by Crippen LogP contribution is -2.06. The Hall–Kier alpha value is -1.91. The number of carboxylic acids is 1. The third-order valence-corrected chi connectivity index (χ3v) is 3.22. The van der Waals surface area contributed by atoms with Crippen LogP contribution in [0.2, 0.25) is 0 Å². The fourth-order valence-electron chi connectivity index (χ4n) is 2.16. The molecule has 5 heteroatoms. The number of aryl methyl sites for hydroxylation is 1. The topological polar surface area (TPSA) is 65.0 Å². The molecule has 5 nitrogen and oxygen atoms in total. The molecule has 0 heterocycles. The van der Waals surface area contributed by atoms with E-state index in [1.165, 1.54) is 0 Å². The van der Waals surface area contributed by atoms with E-state index in [1.54, 1.807) is 21.3 Å². The van der Waals surface area contributed by atoms with Crippen LogP contribution in [-0.4, -0.2) is 32.4 Å². The van der Waals surface area contributed by atoms with Crippen molar-refractivity contribution < 1.29 is 24.1 Å². The van der Waals surface area contributed by atoms with E-state index >= 15 is 0 Å². The standard InChI is InChI=1S/C15H22O5/c1-10(9-13(16)17)5-6-11-7-8-12(18-2)15(20-4)14(11)19-3/h7-8,10H,5-6,9H2,1-4H3,(H,16,17). The van der Waals surface area contributed by atoms with E-state index in [4.69, 9.17) is 19.3 Å². The third-order valence-electron chi connectivity index (χ3n) is 3.22. The zero-order chi connectivity index (χ0) is 15.1. The second-order valence-corrected chi connectivity index (χ2v) is 4.74. The number of aliphatic carboxylic acids is 1. The van der Waals surface area contributed by atoms with Crippen molar-refractivity contribution in [2.75, 3.05) is 21.3 Å². The van der Waals surface area contributed by atoms with Crippen LogP contribution in [0.1, 0.15) is 25.3 Å². The summed E-state index contributed by atoms with van der Waals surface area (Å²) in [5, 5.41) is 8.77. The van der Waals surface area contributed by atoms with Crippen molar-refractivity contribution in [2.45, 2.75) is 26.2 Å². The Balaban J connectivity index is 2.87. The van der Waals surface area contributed by atoms with Gasteiger partial charge < -0.3 is 19.3 Å². The number of rotatable bonds is 8. The second-order valence-electron chi connectivity index (χ2n) is 4.74. The second kappa shape index (κ2) is 7.62. The van der Waals surface area contributed by atoms with Crippen LogP contribution >= 0.6 is 0 Å². The van der Waals surface area contributed by atoms with Gasteiger partial charge in [-0.2, -0.15) is 0 Å². The monoisotopic (exact) mass is 282 g/mol. The highest BCUT2D eigenvalue weighted by Gasteiger charge is 2.16. The largest absolute Gasteiger partial charge is 0.493 e. The maximum Gasteiger partial charge on any atom is 0.303 e. The number of benzene rings is 1. The summed E-state index contributed by atoms with van der Waals surface area (Å²) in [4.78, 5) is 10.7. The predicted octanol–water partition coefficient (Wildman–Crippen LogP) is 2.76. The minimum Gasteiger partial charge on any atom is -0.493 e. The maximum absolute atomic E-state index is 10.7. The normalized spacial score (nSPS) is 11.8. The summed E-state index contributed by atoms with van der Waals surface area (Å²) >= 11 is 0. The summed E-state index contributed by atoms with van der Waals surface area (Å²) in [6.45, 7) is 1.93. The predicted molar refractivity (Wildman–Crippen MR) is 75.8 cm³/mol. The average molecular weight is 282 g/mol. The molecule has 1 rings (SSSR count). The van der Waals surface area contributed by atoms with Crippen LogP contribution in [0.3, 0.4) is 0 Å². The Morgan fingerprint density at radius 2 is 1.80 bits per heavy atom. The molecule has 0 aliphatic carbocycles. The van der Waals surface area contributed by atoms with Crippen LogP contribution in [0.5, 0.6) is 17.2 Å². The molecular formula is C15H22O5. The molecule has 1 unspecified atom stereocenters. The highest BCUT2D eigenvalue weighted by atomic mass is 16.5. The van der Waals surface area contributed by atoms with Gasteiger partial charge in [-0.05, 0) is 30.4 Å². The SMILES string of the molecule is COc1ccc(CCC(C)CC(=O)O)c(OC)c1OC. The van der Waals surface area contributed by atoms with E-state index in [2.05, 4.69) is 0 Å². The molecule has 0 radical (unpaired) electrons. The molecule has 0 bridgehead atoms. The van der Waals surface area contributed by atoms with Crippen molar-refractivity contribution in [3.63, 3.8) is 0 Å². The van der Waals surface area contributed by atoms with Crippen molar-refractivity contribution in [1.82, 2.24) is 0 Å². The Morgan fingerprint density at radius 1 is 1.15 bits per heavy atom. The maximum atomic E-state index is 10.7. The van der Waals surface area contributed by atoms with Crippen molar-refractivity contribution in [3.8, 4) is 17.2 Å². The molecule has 112 valence electrons. The first-order valence-corrected chi connectivity index (χ1v) is 6.53. The number of hydrogen-bond donors (Lipinski definition) is 1. The lowest BCUT2D eigenvalue weighted by molar-refractivity contribution is -0.138. The lowest BCUT2D eigenvalue weighted by atomic mass is 9.97. The van der Waals surface area contributed by atoms with Crippen molar-refractivity contribution in [3.05, 3.63) is 17.7 Å². The minimum atomic E-state index is -0.767. The van der Waals surface area contributed by atoms with Crippen LogP contribution in [0.25, 0.3) is 0 Å². The van der Waals surface area contributed by atoms with Crippen LogP contribution in [0.4, 0.5) is 0 Å². The molecule has 0 fully saturated rings. The van der Waals surface area contributed by atoms with Gasteiger partial charge in [-0.1, -0.05) is 13.0 Å². The molecule has 0 aliphatic rings. The molecule has 0 saturated carbocycles. The molecule has 0 aliphatic heterocycles. The molecule has 1 atom stereocenters. The Bertz CT molecular complexity index is 456. The first-order valence-electron chi connectivity index (χ1n) is 6.53. The Kier molecular flexibility index (Phi) is 6.15. The van der Waals surface area contributed by atoms with Gasteiger partial charge >= 0.3 is 5.97 Å². The van der Waals surface area contributed by atoms with E-state index in [9.17, 15) is 4.79 Å². The van der Waals surface area contributed by atoms with Crippen molar-refractivity contribution in [1.29, 1.82) is 0 Å². The van der Waals surface area contributed by atoms with E-state index in [0.29, 0.717) is 17.2 Å². The van der Waals surface area contributed by atoms with Crippen molar-refractivity contribution in [2.24, 2.45) is 5.92 Å². The van der Waals surface area contributed by atoms with E-state index in [1.807, 2.05) is 19.1 Å². The average Bonchev–Trinajstić information content (AvgIpc) is 2.42. The number of ether oxygens (including phenoxy) is 3. The first kappa shape index (κ1) is 16.1. The summed E-state index contributed by atoms with van der Waals surface area (Å²) < 4.78 is 16.0. The molecule has 1 N–H and O–H groups in total. The number of methoxy groups -OCH3 is 3. The lowest BCUT2D eigenvalue weighted by Gasteiger charge is -2.16. The Labute approximate surface area is 119 Å². The number of carboxylic acid groups (broad SMARTS) is 1. The van der Waals surface area contributed by atoms with Gasteiger partial charge in [0.15, 0.2) is 11.5 Å². The van der Waals surface area contributed by atoms with Gasteiger partial charge in [-0.25, -0.2) is 0 Å². The number of hydrogen-bond acceptors (Lipinski definition) is 4. The molecule has 1 aromatic rings. The van der Waals surface area contributed by atoms with E-state index < -0.39 is 5.97 Å². The zero-order valence-electron chi connectivity index (χ0n) is 12.4. The zero-order valence-corrected chi connectivity index (χ0v) is 12.4. The first-order chi connectivity index (χ1) is 9.53. The fraction of sp³-hybridized carbons (Fsp3) is 0.533. The van der Waals surface area contributed by atoms with Gasteiger partial charge in [0.1, 0.15) is 0 Å². The highest BCUT2D eigenvalue weighted by Crippen LogP contribution is 2.40. The molecule has 0 spiro atoms. The van der Waals surface area contributed by atoms with Gasteiger partial charge in [0.25, 0.3) is 0 Å². The van der Waals surface area contributed by atoms with E-state index in [-0.39, 0.29) is 12.3 Å². The van der Waals surface area contributed by atoms with Crippen LogP contribution in [0.15, 0.2) is 12.1 Å². The van der Waals surface area contributed by atoms with Gasteiger partial charge in [0.2, 0.25) is 5.75 Å². The highest BCUT2D eigenvalue weighted by molar-refractivity contribution is 5.66. The smallest absolute Gasteiger partial charge is 0.303 e. The summed E-state index contributed by atoms with van der Waals surface area (Å²) in [6, 6.07) is 3.76. The fourth-order valence-corrected chi connectivity index (χ4v) is 2.16. The third kappa shape index (κ3) is 4.05. The summed E-state index contributed by atoms with van der Waals surface area (Å²) in [7, 11) is 4.73. The number of carbonyl (C=O) groups is 1. The van der Waals surface area contributed by atoms with Gasteiger partial charge in [-0.3, -0.25) is 4.79 Å². The molecule has 0 aromatic heterocycles. The van der Waals surface area contributed by atoms with Crippen molar-refractivity contribution >= 4 is 5.97 Å². The van der Waals surface area contributed by atoms with Gasteiger partial charge in [-0.15, -0.1) is 0 Å². The van der Waals surface area contributed by atoms with Crippen LogP contribution in [0, 0.1) is 5.92 Å². The van der Waals surface area contributed by atoms with Crippen LogP contribution < -0.4 is 14.2 Å². The molecule has 1 aromatic carbocycles. The Morgan fingerprint density at radius 3 is 2.30 bits per heavy atom. The molecule has 0 amide bonds.